The minimum atomic E-state index is -4.10. The van der Waals surface area contributed by atoms with Gasteiger partial charge in [-0.1, -0.05) is 38.1 Å². The fraction of sp³-hybridized carbons (Fsp3) is 0.500. The van der Waals surface area contributed by atoms with Crippen LogP contribution >= 0.6 is 0 Å². The third kappa shape index (κ3) is 5.97. The lowest BCUT2D eigenvalue weighted by Gasteiger charge is -2.38. The molecule has 1 aromatic heterocycles. The Morgan fingerprint density at radius 3 is 2.47 bits per heavy atom. The average molecular weight is 639 g/mol. The summed E-state index contributed by atoms with van der Waals surface area (Å²) in [7, 11) is -4.10. The Hall–Kier alpha value is -3.41. The van der Waals surface area contributed by atoms with E-state index in [1.807, 2.05) is 13.8 Å². The van der Waals surface area contributed by atoms with Crippen molar-refractivity contribution in [2.45, 2.75) is 65.1 Å². The SMILES string of the molecule is CC1(C)C2CCC1(CS(=O)(=O)N(CC(=O)N(Cc1ccc(F)cc1)Cc1coc3ccccc3c1=O)CC1CCCO1)C(=O)C2. The van der Waals surface area contributed by atoms with Gasteiger partial charge in [0.15, 0.2) is 5.43 Å². The van der Waals surface area contributed by atoms with Gasteiger partial charge < -0.3 is 14.1 Å². The number of sulfonamides is 1. The maximum absolute atomic E-state index is 14.2. The van der Waals surface area contributed by atoms with Crippen LogP contribution in [-0.2, 0) is 37.4 Å². The summed E-state index contributed by atoms with van der Waals surface area (Å²) in [5, 5.41) is 0.365. The Bertz CT molecular complexity index is 1770. The third-order valence-corrected chi connectivity index (χ3v) is 12.4. The number of ether oxygens (including phenoxy) is 1. The molecule has 2 heterocycles. The molecule has 9 nitrogen and oxygen atoms in total. The molecule has 3 unspecified atom stereocenters. The Labute approximate surface area is 262 Å². The van der Waals surface area contributed by atoms with Crippen molar-refractivity contribution in [1.29, 1.82) is 0 Å². The van der Waals surface area contributed by atoms with E-state index in [1.54, 1.807) is 36.4 Å². The van der Waals surface area contributed by atoms with Crippen LogP contribution in [-0.4, -0.2) is 60.9 Å². The predicted octanol–water partition coefficient (Wildman–Crippen LogP) is 4.67. The highest BCUT2D eigenvalue weighted by Crippen LogP contribution is 2.64. The smallest absolute Gasteiger partial charge is 0.238 e. The van der Waals surface area contributed by atoms with Gasteiger partial charge in [-0.15, -0.1) is 0 Å². The van der Waals surface area contributed by atoms with E-state index in [1.165, 1.54) is 27.6 Å². The van der Waals surface area contributed by atoms with Crippen LogP contribution in [0.1, 0.15) is 57.1 Å². The second-order valence-electron chi connectivity index (χ2n) is 13.3. The van der Waals surface area contributed by atoms with Crippen LogP contribution in [0, 0.1) is 22.6 Å². The highest BCUT2D eigenvalue weighted by molar-refractivity contribution is 7.89. The molecule has 2 saturated carbocycles. The number of nitrogens with zero attached hydrogens (tertiary/aromatic N) is 2. The molecule has 3 aliphatic rings. The molecule has 2 bridgehead atoms. The van der Waals surface area contributed by atoms with E-state index in [2.05, 4.69) is 0 Å². The van der Waals surface area contributed by atoms with Crippen molar-refractivity contribution in [3.05, 3.63) is 82.0 Å². The fourth-order valence-corrected chi connectivity index (χ4v) is 9.71. The molecule has 3 aromatic rings. The lowest BCUT2D eigenvalue weighted by Crippen LogP contribution is -2.50. The summed E-state index contributed by atoms with van der Waals surface area (Å²) in [6.07, 6.45) is 4.10. The average Bonchev–Trinajstić information content (AvgIpc) is 3.65. The number of fused-ring (bicyclic) bond motifs is 3. The van der Waals surface area contributed by atoms with Gasteiger partial charge in [0.2, 0.25) is 15.9 Å². The lowest BCUT2D eigenvalue weighted by atomic mass is 9.70. The van der Waals surface area contributed by atoms with Crippen LogP contribution in [0.4, 0.5) is 4.39 Å². The molecule has 2 aliphatic carbocycles. The molecule has 6 rings (SSSR count). The van der Waals surface area contributed by atoms with E-state index < -0.39 is 39.1 Å². The van der Waals surface area contributed by atoms with Crippen LogP contribution in [0.5, 0.6) is 0 Å². The lowest BCUT2D eigenvalue weighted by molar-refractivity contribution is -0.132. The summed E-state index contributed by atoms with van der Waals surface area (Å²) in [4.78, 5) is 42.1. The quantitative estimate of drug-likeness (QED) is 0.300. The summed E-state index contributed by atoms with van der Waals surface area (Å²) >= 11 is 0. The first kappa shape index (κ1) is 31.6. The van der Waals surface area contributed by atoms with Crippen LogP contribution in [0.15, 0.2) is 64.0 Å². The van der Waals surface area contributed by atoms with Gasteiger partial charge in [-0.25, -0.2) is 12.8 Å². The standard InChI is InChI=1S/C34H39FN2O7S/c1-33(2)25-13-14-34(33,30(38)16-25)22-45(41,42)37(19-27-6-5-15-43-27)20-31(39)36(17-23-9-11-26(35)12-10-23)18-24-21-44-29-8-4-3-7-28(29)32(24)40/h3-4,7-12,21,25,27H,5-6,13-20,22H2,1-2H3. The topological polar surface area (TPSA) is 114 Å². The van der Waals surface area contributed by atoms with E-state index >= 15 is 0 Å². The van der Waals surface area contributed by atoms with Gasteiger partial charge in [-0.2, -0.15) is 4.31 Å². The van der Waals surface area contributed by atoms with Crippen molar-refractivity contribution in [3.63, 3.8) is 0 Å². The molecule has 1 saturated heterocycles. The summed E-state index contributed by atoms with van der Waals surface area (Å²) in [6.45, 7) is 3.85. The number of Topliss-reactive ketones (excluding diaryl/α,β-unsaturated/α-hetero) is 1. The first-order chi connectivity index (χ1) is 21.4. The number of ketones is 1. The van der Waals surface area contributed by atoms with Crippen molar-refractivity contribution in [2.24, 2.45) is 16.7 Å². The zero-order valence-electron chi connectivity index (χ0n) is 25.7. The molecular formula is C34H39FN2O7S. The van der Waals surface area contributed by atoms with E-state index in [-0.39, 0.29) is 54.2 Å². The van der Waals surface area contributed by atoms with E-state index in [4.69, 9.17) is 9.15 Å². The number of amides is 1. The van der Waals surface area contributed by atoms with Gasteiger partial charge in [0, 0.05) is 31.5 Å². The zero-order valence-corrected chi connectivity index (χ0v) is 26.5. The summed E-state index contributed by atoms with van der Waals surface area (Å²) in [5.41, 5.74) is -0.505. The maximum atomic E-state index is 14.2. The number of benzene rings is 2. The predicted molar refractivity (Wildman–Crippen MR) is 166 cm³/mol. The number of halogens is 1. The summed E-state index contributed by atoms with van der Waals surface area (Å²) in [5.74, 6) is -1.19. The minimum Gasteiger partial charge on any atom is -0.464 e. The summed E-state index contributed by atoms with van der Waals surface area (Å²) < 4.78 is 54.8. The Morgan fingerprint density at radius 1 is 1.04 bits per heavy atom. The molecule has 1 amide bonds. The minimum absolute atomic E-state index is 0.00922. The van der Waals surface area contributed by atoms with Gasteiger partial charge in [-0.05, 0) is 66.8 Å². The third-order valence-electron chi connectivity index (χ3n) is 10.5. The zero-order chi connectivity index (χ0) is 32.0. The van der Waals surface area contributed by atoms with Gasteiger partial charge in [0.1, 0.15) is 17.2 Å². The van der Waals surface area contributed by atoms with Gasteiger partial charge in [0.25, 0.3) is 0 Å². The second kappa shape index (κ2) is 12.1. The Kier molecular flexibility index (Phi) is 8.47. The number of carbonyl (C=O) groups excluding carboxylic acids is 2. The van der Waals surface area contributed by atoms with Crippen LogP contribution < -0.4 is 5.43 Å². The largest absolute Gasteiger partial charge is 0.464 e. The maximum Gasteiger partial charge on any atom is 0.238 e. The van der Waals surface area contributed by atoms with Gasteiger partial charge in [-0.3, -0.25) is 14.4 Å². The van der Waals surface area contributed by atoms with E-state index in [9.17, 15) is 27.2 Å². The number of para-hydroxylation sites is 1. The Balaban J connectivity index is 1.31. The number of hydrogen-bond acceptors (Lipinski definition) is 7. The number of rotatable bonds is 11. The fourth-order valence-electron chi connectivity index (χ4n) is 7.53. The van der Waals surface area contributed by atoms with Crippen molar-refractivity contribution >= 4 is 32.7 Å². The molecule has 3 fully saturated rings. The molecule has 45 heavy (non-hydrogen) atoms. The second-order valence-corrected chi connectivity index (χ2v) is 15.3. The normalized spacial score (nSPS) is 24.1. The van der Waals surface area contributed by atoms with Crippen LogP contribution in [0.3, 0.4) is 0 Å². The summed E-state index contributed by atoms with van der Waals surface area (Å²) in [6, 6.07) is 12.5. The van der Waals surface area contributed by atoms with Gasteiger partial charge >= 0.3 is 0 Å². The van der Waals surface area contributed by atoms with Crippen molar-refractivity contribution in [2.75, 3.05) is 25.4 Å². The first-order valence-corrected chi connectivity index (χ1v) is 17.1. The molecule has 240 valence electrons. The molecule has 0 spiro atoms. The monoisotopic (exact) mass is 638 g/mol. The van der Waals surface area contributed by atoms with E-state index in [0.717, 1.165) is 12.8 Å². The Morgan fingerprint density at radius 2 is 1.80 bits per heavy atom. The highest BCUT2D eigenvalue weighted by atomic mass is 32.2. The van der Waals surface area contributed by atoms with Crippen molar-refractivity contribution in [1.82, 2.24) is 9.21 Å². The number of carbonyl (C=O) groups is 2. The first-order valence-electron chi connectivity index (χ1n) is 15.5. The molecular weight excluding hydrogens is 599 g/mol. The van der Waals surface area contributed by atoms with Crippen LogP contribution in [0.25, 0.3) is 11.0 Å². The molecule has 11 heteroatoms. The molecule has 0 N–H and O–H groups in total. The van der Waals surface area contributed by atoms with Crippen molar-refractivity contribution < 1.29 is 31.6 Å². The molecule has 0 radical (unpaired) electrons. The molecule has 3 atom stereocenters. The van der Waals surface area contributed by atoms with Gasteiger partial charge in [0.05, 0.1) is 42.2 Å². The number of hydrogen-bond donors (Lipinski definition) is 0. The highest BCUT2D eigenvalue weighted by Gasteiger charge is 2.65. The van der Waals surface area contributed by atoms with Crippen molar-refractivity contribution in [3.8, 4) is 0 Å². The molecule has 1 aliphatic heterocycles. The molecule has 2 aromatic carbocycles. The van der Waals surface area contributed by atoms with Crippen LogP contribution in [0.2, 0.25) is 0 Å². The van der Waals surface area contributed by atoms with E-state index in [0.29, 0.717) is 42.4 Å².